The van der Waals surface area contributed by atoms with Crippen LogP contribution in [-0.4, -0.2) is 53.7 Å². The number of hydrogen-bond acceptors (Lipinski definition) is 5. The number of furan rings is 1. The summed E-state index contributed by atoms with van der Waals surface area (Å²) in [4.78, 5) is 28.4. The van der Waals surface area contributed by atoms with Gasteiger partial charge in [-0.2, -0.15) is 0 Å². The minimum atomic E-state index is -0.766. The van der Waals surface area contributed by atoms with Gasteiger partial charge in [0.05, 0.1) is 18.5 Å². The van der Waals surface area contributed by atoms with E-state index in [1.165, 1.54) is 18.2 Å². The number of anilines is 2. The lowest BCUT2D eigenvalue weighted by Gasteiger charge is -2.34. The van der Waals surface area contributed by atoms with Gasteiger partial charge in [-0.05, 0) is 51.1 Å². The highest BCUT2D eigenvalue weighted by Crippen LogP contribution is 2.21. The third-order valence-electron chi connectivity index (χ3n) is 4.47. The highest BCUT2D eigenvalue weighted by Gasteiger charge is 2.22. The van der Waals surface area contributed by atoms with Gasteiger partial charge in [-0.15, -0.1) is 0 Å². The Morgan fingerprint density at radius 2 is 1.87 bits per heavy atom. The number of urea groups is 1. The van der Waals surface area contributed by atoms with E-state index in [2.05, 4.69) is 15.5 Å². The smallest absolute Gasteiger partial charge is 0.412 e. The molecule has 30 heavy (non-hydrogen) atoms. The summed E-state index contributed by atoms with van der Waals surface area (Å²) in [5.41, 5.74) is -0.387. The van der Waals surface area contributed by atoms with Crippen molar-refractivity contribution in [2.45, 2.75) is 32.9 Å². The van der Waals surface area contributed by atoms with E-state index in [1.807, 2.05) is 12.1 Å². The molecule has 1 saturated heterocycles. The number of ether oxygens (including phenoxy) is 1. The molecule has 1 aliphatic rings. The van der Waals surface area contributed by atoms with Gasteiger partial charge in [0.2, 0.25) is 0 Å². The third kappa shape index (κ3) is 6.21. The quantitative estimate of drug-likeness (QED) is 0.780. The van der Waals surface area contributed by atoms with Crippen LogP contribution in [0.15, 0.2) is 41.0 Å². The summed E-state index contributed by atoms with van der Waals surface area (Å²) in [7, 11) is 0. The first-order valence-electron chi connectivity index (χ1n) is 9.80. The molecule has 2 aromatic rings. The topological polar surface area (TPSA) is 87.0 Å². The minimum Gasteiger partial charge on any atom is -0.468 e. The van der Waals surface area contributed by atoms with Crippen molar-refractivity contribution in [1.29, 1.82) is 0 Å². The number of amides is 3. The minimum absolute atomic E-state index is 0.0645. The first-order chi connectivity index (χ1) is 14.2. The molecule has 1 aromatic carbocycles. The molecule has 0 aliphatic carbocycles. The molecule has 162 valence electrons. The molecule has 2 N–H and O–H groups in total. The maximum atomic E-state index is 14.0. The zero-order valence-corrected chi connectivity index (χ0v) is 17.4. The van der Waals surface area contributed by atoms with Crippen LogP contribution in [0, 0.1) is 5.82 Å². The van der Waals surface area contributed by atoms with Gasteiger partial charge in [0, 0.05) is 31.9 Å². The maximum Gasteiger partial charge on any atom is 0.412 e. The number of piperazine rings is 1. The molecule has 0 bridgehead atoms. The fourth-order valence-electron chi connectivity index (χ4n) is 3.05. The monoisotopic (exact) mass is 418 g/mol. The standard InChI is InChI=1S/C21H27FN4O4/c1-21(2,3)30-20(28)24-18-13-15(6-7-17(18)22)23-19(27)26-10-8-25(9-11-26)14-16-5-4-12-29-16/h4-7,12-13H,8-11,14H2,1-3H3,(H,23,27)(H,24,28). The zero-order valence-electron chi connectivity index (χ0n) is 17.4. The van der Waals surface area contributed by atoms with Crippen LogP contribution in [0.2, 0.25) is 0 Å². The van der Waals surface area contributed by atoms with Crippen molar-refractivity contribution in [2.75, 3.05) is 36.8 Å². The lowest BCUT2D eigenvalue weighted by molar-refractivity contribution is 0.0635. The summed E-state index contributed by atoms with van der Waals surface area (Å²) in [5, 5.41) is 5.12. The molecule has 0 atom stereocenters. The first-order valence-corrected chi connectivity index (χ1v) is 9.80. The van der Waals surface area contributed by atoms with E-state index in [9.17, 15) is 14.0 Å². The normalized spacial score (nSPS) is 15.0. The maximum absolute atomic E-state index is 14.0. The Morgan fingerprint density at radius 3 is 2.50 bits per heavy atom. The largest absolute Gasteiger partial charge is 0.468 e. The van der Waals surface area contributed by atoms with Crippen molar-refractivity contribution in [3.63, 3.8) is 0 Å². The van der Waals surface area contributed by atoms with Crippen molar-refractivity contribution < 1.29 is 23.1 Å². The first kappa shape index (κ1) is 21.6. The average molecular weight is 418 g/mol. The molecule has 1 fully saturated rings. The molecule has 0 saturated carbocycles. The number of hydrogen-bond donors (Lipinski definition) is 2. The van der Waals surface area contributed by atoms with Crippen LogP contribution in [0.1, 0.15) is 26.5 Å². The lowest BCUT2D eigenvalue weighted by Crippen LogP contribution is -2.49. The molecular weight excluding hydrogens is 391 g/mol. The molecular formula is C21H27FN4O4. The fourth-order valence-corrected chi connectivity index (χ4v) is 3.05. The van der Waals surface area contributed by atoms with Gasteiger partial charge in [0.15, 0.2) is 0 Å². The van der Waals surface area contributed by atoms with Crippen LogP contribution in [-0.2, 0) is 11.3 Å². The summed E-state index contributed by atoms with van der Waals surface area (Å²) in [6, 6.07) is 7.50. The van der Waals surface area contributed by atoms with E-state index in [-0.39, 0.29) is 11.7 Å². The highest BCUT2D eigenvalue weighted by molar-refractivity contribution is 5.91. The van der Waals surface area contributed by atoms with Crippen molar-refractivity contribution in [1.82, 2.24) is 9.80 Å². The van der Waals surface area contributed by atoms with E-state index in [4.69, 9.17) is 9.15 Å². The molecule has 9 heteroatoms. The summed E-state index contributed by atoms with van der Waals surface area (Å²) in [5.74, 6) is 0.273. The van der Waals surface area contributed by atoms with Crippen LogP contribution < -0.4 is 10.6 Å². The molecule has 1 aromatic heterocycles. The summed E-state index contributed by atoms with van der Waals surface area (Å²) in [6.45, 7) is 8.44. The highest BCUT2D eigenvalue weighted by atomic mass is 19.1. The molecule has 8 nitrogen and oxygen atoms in total. The summed E-state index contributed by atoms with van der Waals surface area (Å²) in [6.07, 6.45) is 0.880. The Hall–Kier alpha value is -3.07. The zero-order chi connectivity index (χ0) is 21.7. The lowest BCUT2D eigenvalue weighted by atomic mass is 10.2. The van der Waals surface area contributed by atoms with Gasteiger partial charge in [-0.25, -0.2) is 14.0 Å². The average Bonchev–Trinajstić information content (AvgIpc) is 3.16. The van der Waals surface area contributed by atoms with Gasteiger partial charge in [0.1, 0.15) is 17.2 Å². The van der Waals surface area contributed by atoms with Crippen molar-refractivity contribution >= 4 is 23.5 Å². The fraction of sp³-hybridized carbons (Fsp3) is 0.429. The van der Waals surface area contributed by atoms with Gasteiger partial charge >= 0.3 is 12.1 Å². The third-order valence-corrected chi connectivity index (χ3v) is 4.47. The molecule has 3 rings (SSSR count). The molecule has 0 radical (unpaired) electrons. The van der Waals surface area contributed by atoms with Crippen LogP contribution in [0.5, 0.6) is 0 Å². The van der Waals surface area contributed by atoms with Crippen LogP contribution in [0.4, 0.5) is 25.4 Å². The Morgan fingerprint density at radius 1 is 1.13 bits per heavy atom. The number of halogens is 1. The summed E-state index contributed by atoms with van der Waals surface area (Å²) >= 11 is 0. The molecule has 3 amide bonds. The predicted octanol–water partition coefficient (Wildman–Crippen LogP) is 4.12. The van der Waals surface area contributed by atoms with E-state index in [1.54, 1.807) is 31.9 Å². The predicted molar refractivity (Wildman–Crippen MR) is 111 cm³/mol. The number of nitrogens with one attached hydrogen (secondary N) is 2. The van der Waals surface area contributed by atoms with Gasteiger partial charge < -0.3 is 19.4 Å². The second kappa shape index (κ2) is 9.17. The Bertz CT molecular complexity index is 872. The van der Waals surface area contributed by atoms with Gasteiger partial charge in [-0.3, -0.25) is 10.2 Å². The summed E-state index contributed by atoms with van der Waals surface area (Å²) < 4.78 is 24.5. The number of carbonyl (C=O) groups is 2. The van der Waals surface area contributed by atoms with Crippen LogP contribution >= 0.6 is 0 Å². The van der Waals surface area contributed by atoms with Crippen molar-refractivity contribution in [3.8, 4) is 0 Å². The van der Waals surface area contributed by atoms with E-state index in [0.717, 1.165) is 18.8 Å². The second-order valence-corrected chi connectivity index (χ2v) is 8.09. The second-order valence-electron chi connectivity index (χ2n) is 8.09. The number of rotatable bonds is 4. The Kier molecular flexibility index (Phi) is 6.61. The van der Waals surface area contributed by atoms with Gasteiger partial charge in [-0.1, -0.05) is 0 Å². The SMILES string of the molecule is CC(C)(C)OC(=O)Nc1cc(NC(=O)N2CCN(Cc3ccco3)CC2)ccc1F. The molecule has 0 spiro atoms. The number of carbonyl (C=O) groups excluding carboxylic acids is 2. The number of benzene rings is 1. The molecule has 1 aliphatic heterocycles. The van der Waals surface area contributed by atoms with E-state index < -0.39 is 17.5 Å². The van der Waals surface area contributed by atoms with Crippen molar-refractivity contribution in [2.24, 2.45) is 0 Å². The van der Waals surface area contributed by atoms with Crippen LogP contribution in [0.25, 0.3) is 0 Å². The van der Waals surface area contributed by atoms with Crippen molar-refractivity contribution in [3.05, 3.63) is 48.2 Å². The molecule has 0 unspecified atom stereocenters. The Balaban J connectivity index is 1.53. The van der Waals surface area contributed by atoms with Crippen LogP contribution in [0.3, 0.4) is 0 Å². The van der Waals surface area contributed by atoms with E-state index >= 15 is 0 Å². The number of nitrogens with zero attached hydrogens (tertiary/aromatic N) is 2. The van der Waals surface area contributed by atoms with Gasteiger partial charge in [0.25, 0.3) is 0 Å². The Labute approximate surface area is 175 Å². The van der Waals surface area contributed by atoms with E-state index in [0.29, 0.717) is 25.3 Å². The molecule has 2 heterocycles.